The first kappa shape index (κ1) is 24.3. The number of benzene rings is 2. The molecule has 0 radical (unpaired) electrons. The van der Waals surface area contributed by atoms with Crippen LogP contribution in [0.2, 0.25) is 0 Å². The lowest BCUT2D eigenvalue weighted by Gasteiger charge is -2.22. The highest BCUT2D eigenvalue weighted by Gasteiger charge is 2.17. The minimum atomic E-state index is -0.704. The van der Waals surface area contributed by atoms with Crippen LogP contribution in [0.5, 0.6) is 11.5 Å². The van der Waals surface area contributed by atoms with Crippen molar-refractivity contribution in [3.8, 4) is 11.5 Å². The zero-order valence-corrected chi connectivity index (χ0v) is 20.7. The van der Waals surface area contributed by atoms with Crippen molar-refractivity contribution in [3.63, 3.8) is 0 Å². The maximum Gasteiger partial charge on any atom is 0.316 e. The number of amides is 1. The predicted molar refractivity (Wildman–Crippen MR) is 137 cm³/mol. The molecule has 2 aromatic heterocycles. The third-order valence-corrected chi connectivity index (χ3v) is 6.61. The normalized spacial score (nSPS) is 10.9. The van der Waals surface area contributed by atoms with Gasteiger partial charge in [0.25, 0.3) is 5.91 Å². The van der Waals surface area contributed by atoms with E-state index in [0.717, 1.165) is 10.4 Å². The zero-order valence-electron chi connectivity index (χ0n) is 19.9. The van der Waals surface area contributed by atoms with Crippen molar-refractivity contribution in [1.82, 2.24) is 14.5 Å². The van der Waals surface area contributed by atoms with Crippen molar-refractivity contribution in [2.45, 2.75) is 33.5 Å². The fraction of sp³-hybridized carbons (Fsp3) is 0.269. The molecule has 2 aromatic carbocycles. The number of fused-ring (bicyclic) bond motifs is 1. The van der Waals surface area contributed by atoms with Crippen LogP contribution in [0.4, 0.5) is 0 Å². The van der Waals surface area contributed by atoms with Crippen molar-refractivity contribution in [2.75, 3.05) is 13.7 Å². The third kappa shape index (κ3) is 5.14. The minimum absolute atomic E-state index is 0.179. The molecule has 0 fully saturated rings. The second-order valence-corrected chi connectivity index (χ2v) is 8.94. The fourth-order valence-corrected chi connectivity index (χ4v) is 4.55. The summed E-state index contributed by atoms with van der Waals surface area (Å²) in [5.41, 5.74) is 1.05. The second-order valence-electron chi connectivity index (χ2n) is 7.91. The molecule has 0 aliphatic carbocycles. The molecule has 8 nitrogen and oxygen atoms in total. The molecule has 35 heavy (non-hydrogen) atoms. The number of rotatable bonds is 9. The van der Waals surface area contributed by atoms with Crippen molar-refractivity contribution in [2.24, 2.45) is 0 Å². The Balaban J connectivity index is 1.55. The standard InChI is InChI=1S/C26H27N3O5S/c1-4-28(15-17-8-11-22(23(13-17)33-3)34-16-19-7-6-12-35-19)25(31)18-9-10-21-20(14-18)27-24(30)26(32)29(21)5-2/h6-14H,4-5,15-16H2,1-3H3,(H,27,30). The summed E-state index contributed by atoms with van der Waals surface area (Å²) in [5.74, 6) is 1.06. The molecule has 0 spiro atoms. The molecule has 4 rings (SSSR count). The number of hydrogen-bond donors (Lipinski definition) is 1. The Hall–Kier alpha value is -3.85. The largest absolute Gasteiger partial charge is 0.493 e. The van der Waals surface area contributed by atoms with Crippen LogP contribution >= 0.6 is 11.3 Å². The van der Waals surface area contributed by atoms with Gasteiger partial charge in [-0.3, -0.25) is 14.4 Å². The summed E-state index contributed by atoms with van der Waals surface area (Å²) >= 11 is 1.63. The van der Waals surface area contributed by atoms with Crippen LogP contribution in [-0.2, 0) is 19.7 Å². The number of carbonyl (C=O) groups is 1. The van der Waals surface area contributed by atoms with Gasteiger partial charge in [-0.2, -0.15) is 0 Å². The number of aromatic amines is 1. The molecule has 1 N–H and O–H groups in total. The van der Waals surface area contributed by atoms with Crippen LogP contribution in [-0.4, -0.2) is 34.0 Å². The summed E-state index contributed by atoms with van der Waals surface area (Å²) in [6, 6.07) is 14.6. The number of H-pyrrole nitrogens is 1. The first-order valence-electron chi connectivity index (χ1n) is 11.3. The second kappa shape index (κ2) is 10.6. The fourth-order valence-electron chi connectivity index (χ4n) is 3.93. The Labute approximate surface area is 206 Å². The molecular weight excluding hydrogens is 466 g/mol. The van der Waals surface area contributed by atoms with Gasteiger partial charge in [-0.15, -0.1) is 11.3 Å². The molecule has 4 aromatic rings. The minimum Gasteiger partial charge on any atom is -0.493 e. The van der Waals surface area contributed by atoms with Gasteiger partial charge in [-0.1, -0.05) is 12.1 Å². The summed E-state index contributed by atoms with van der Waals surface area (Å²) in [7, 11) is 1.59. The summed E-state index contributed by atoms with van der Waals surface area (Å²) in [5, 5.41) is 2.01. The van der Waals surface area contributed by atoms with Gasteiger partial charge < -0.3 is 23.9 Å². The monoisotopic (exact) mass is 493 g/mol. The summed E-state index contributed by atoms with van der Waals surface area (Å²) in [6.45, 7) is 5.39. The number of aryl methyl sites for hydroxylation is 1. The number of hydrogen-bond acceptors (Lipinski definition) is 6. The number of methoxy groups -OCH3 is 1. The smallest absolute Gasteiger partial charge is 0.316 e. The van der Waals surface area contributed by atoms with Gasteiger partial charge >= 0.3 is 11.1 Å². The van der Waals surface area contributed by atoms with E-state index in [4.69, 9.17) is 9.47 Å². The molecule has 0 saturated carbocycles. The molecule has 0 aliphatic heterocycles. The van der Waals surface area contributed by atoms with E-state index in [-0.39, 0.29) is 5.91 Å². The van der Waals surface area contributed by atoms with Gasteiger partial charge in [-0.05, 0) is 61.2 Å². The van der Waals surface area contributed by atoms with Gasteiger partial charge in [-0.25, -0.2) is 0 Å². The first-order valence-corrected chi connectivity index (χ1v) is 12.2. The number of ether oxygens (including phenoxy) is 2. The van der Waals surface area contributed by atoms with E-state index in [2.05, 4.69) is 4.98 Å². The Morgan fingerprint density at radius 1 is 1.09 bits per heavy atom. The first-order chi connectivity index (χ1) is 16.9. The maximum atomic E-state index is 13.3. The van der Waals surface area contributed by atoms with E-state index in [0.29, 0.717) is 54.3 Å². The number of thiophene rings is 1. The van der Waals surface area contributed by atoms with Gasteiger partial charge in [0.2, 0.25) is 0 Å². The Bertz CT molecular complexity index is 1460. The lowest BCUT2D eigenvalue weighted by molar-refractivity contribution is 0.0752. The Kier molecular flexibility index (Phi) is 7.36. The van der Waals surface area contributed by atoms with Crippen LogP contribution in [0.3, 0.4) is 0 Å². The van der Waals surface area contributed by atoms with Gasteiger partial charge in [0.05, 0.1) is 18.1 Å². The maximum absolute atomic E-state index is 13.3. The van der Waals surface area contributed by atoms with Gasteiger partial charge in [0, 0.05) is 30.1 Å². The van der Waals surface area contributed by atoms with E-state index in [9.17, 15) is 14.4 Å². The van der Waals surface area contributed by atoms with Crippen molar-refractivity contribution >= 4 is 28.3 Å². The molecule has 2 heterocycles. The van der Waals surface area contributed by atoms with Crippen molar-refractivity contribution < 1.29 is 14.3 Å². The van der Waals surface area contributed by atoms with Crippen LogP contribution in [0.1, 0.15) is 34.6 Å². The van der Waals surface area contributed by atoms with E-state index in [1.807, 2.05) is 42.6 Å². The van der Waals surface area contributed by atoms with Crippen LogP contribution in [0.15, 0.2) is 63.5 Å². The lowest BCUT2D eigenvalue weighted by Crippen LogP contribution is -2.36. The molecule has 0 unspecified atom stereocenters. The van der Waals surface area contributed by atoms with E-state index < -0.39 is 11.1 Å². The van der Waals surface area contributed by atoms with Crippen molar-refractivity contribution in [3.05, 3.63) is 90.6 Å². The highest BCUT2D eigenvalue weighted by molar-refractivity contribution is 7.09. The molecule has 1 amide bonds. The van der Waals surface area contributed by atoms with Crippen LogP contribution in [0, 0.1) is 0 Å². The van der Waals surface area contributed by atoms with E-state index in [1.165, 1.54) is 4.57 Å². The number of carbonyl (C=O) groups excluding carboxylic acids is 1. The number of nitrogens with zero attached hydrogens (tertiary/aromatic N) is 2. The lowest BCUT2D eigenvalue weighted by atomic mass is 10.1. The molecule has 0 saturated heterocycles. The van der Waals surface area contributed by atoms with E-state index >= 15 is 0 Å². The average molecular weight is 494 g/mol. The van der Waals surface area contributed by atoms with Crippen molar-refractivity contribution in [1.29, 1.82) is 0 Å². The molecule has 9 heteroatoms. The topological polar surface area (TPSA) is 93.6 Å². The predicted octanol–water partition coefficient (Wildman–Crippen LogP) is 4.02. The number of nitrogens with one attached hydrogen (secondary N) is 1. The van der Waals surface area contributed by atoms with Gasteiger partial charge in [0.15, 0.2) is 11.5 Å². The molecule has 0 atom stereocenters. The molecular formula is C26H27N3O5S. The zero-order chi connectivity index (χ0) is 24.9. The van der Waals surface area contributed by atoms with Gasteiger partial charge in [0.1, 0.15) is 6.61 Å². The average Bonchev–Trinajstić information content (AvgIpc) is 3.40. The summed E-state index contributed by atoms with van der Waals surface area (Å²) in [4.78, 5) is 42.8. The Morgan fingerprint density at radius 3 is 2.60 bits per heavy atom. The van der Waals surface area contributed by atoms with E-state index in [1.54, 1.807) is 48.5 Å². The highest BCUT2D eigenvalue weighted by atomic mass is 32.1. The van der Waals surface area contributed by atoms with Crippen LogP contribution in [0.25, 0.3) is 11.0 Å². The molecule has 0 bridgehead atoms. The molecule has 182 valence electrons. The Morgan fingerprint density at radius 2 is 1.91 bits per heavy atom. The SMILES string of the molecule is CCN(Cc1ccc(OCc2cccs2)c(OC)c1)C(=O)c1ccc2c(c1)[nH]c(=O)c(=O)n2CC. The summed E-state index contributed by atoms with van der Waals surface area (Å²) in [6.07, 6.45) is 0. The highest BCUT2D eigenvalue weighted by Crippen LogP contribution is 2.30. The molecule has 0 aliphatic rings. The third-order valence-electron chi connectivity index (χ3n) is 5.76. The number of aromatic nitrogens is 2. The van der Waals surface area contributed by atoms with Crippen LogP contribution < -0.4 is 20.6 Å². The quantitative estimate of drug-likeness (QED) is 0.356. The summed E-state index contributed by atoms with van der Waals surface area (Å²) < 4.78 is 12.8.